The summed E-state index contributed by atoms with van der Waals surface area (Å²) >= 11 is 0. The largest absolute Gasteiger partial charge is 0.329 e. The summed E-state index contributed by atoms with van der Waals surface area (Å²) in [5.41, 5.74) is 6.69. The number of fused-ring (bicyclic) bond motifs is 1. The predicted octanol–water partition coefficient (Wildman–Crippen LogP) is 2.44. The molecule has 0 fully saturated rings. The Morgan fingerprint density at radius 3 is 2.65 bits per heavy atom. The molecule has 2 unspecified atom stereocenters. The Bertz CT molecular complexity index is 533. The first-order valence-electron chi connectivity index (χ1n) is 5.76. The van der Waals surface area contributed by atoms with E-state index in [-0.39, 0.29) is 5.25 Å². The lowest BCUT2D eigenvalue weighted by Gasteiger charge is -2.10. The number of hydrogen-bond donors (Lipinski definition) is 1. The van der Waals surface area contributed by atoms with Crippen molar-refractivity contribution < 1.29 is 4.21 Å². The fraction of sp³-hybridized carbons (Fsp3) is 0.286. The van der Waals surface area contributed by atoms with Crippen molar-refractivity contribution in [3.05, 3.63) is 48.0 Å². The summed E-state index contributed by atoms with van der Waals surface area (Å²) in [5.74, 6) is 0.583. The number of benzene rings is 2. The maximum atomic E-state index is 12.0. The molecule has 2 aromatic carbocycles. The minimum Gasteiger partial charge on any atom is -0.329 e. The van der Waals surface area contributed by atoms with Crippen LogP contribution in [0, 0.1) is 0 Å². The third-order valence-electron chi connectivity index (χ3n) is 2.96. The van der Waals surface area contributed by atoms with Crippen molar-refractivity contribution in [2.45, 2.75) is 17.9 Å². The molecule has 0 heterocycles. The summed E-state index contributed by atoms with van der Waals surface area (Å²) in [6.45, 7) is 2.40. The molecule has 0 aromatic heterocycles. The van der Waals surface area contributed by atoms with Gasteiger partial charge in [-0.15, -0.1) is 0 Å². The van der Waals surface area contributed by atoms with E-state index in [1.807, 2.05) is 31.2 Å². The van der Waals surface area contributed by atoms with Crippen LogP contribution in [0.15, 0.2) is 42.5 Å². The lowest BCUT2D eigenvalue weighted by molar-refractivity contribution is 0.673. The van der Waals surface area contributed by atoms with Crippen LogP contribution >= 0.6 is 0 Å². The van der Waals surface area contributed by atoms with E-state index in [2.05, 4.69) is 18.2 Å². The topological polar surface area (TPSA) is 43.1 Å². The zero-order chi connectivity index (χ0) is 12.3. The van der Waals surface area contributed by atoms with Gasteiger partial charge in [-0.25, -0.2) is 0 Å². The molecule has 0 saturated heterocycles. The van der Waals surface area contributed by atoms with Gasteiger partial charge in [0.1, 0.15) is 0 Å². The lowest BCUT2D eigenvalue weighted by Crippen LogP contribution is -2.22. The summed E-state index contributed by atoms with van der Waals surface area (Å²) in [4.78, 5) is 0. The fourth-order valence-corrected chi connectivity index (χ4v) is 2.88. The summed E-state index contributed by atoms with van der Waals surface area (Å²) in [7, 11) is -0.897. The maximum absolute atomic E-state index is 12.0. The lowest BCUT2D eigenvalue weighted by atomic mass is 10.1. The summed E-state index contributed by atoms with van der Waals surface area (Å²) in [6.07, 6.45) is 0. The van der Waals surface area contributed by atoms with Crippen LogP contribution in [-0.4, -0.2) is 16.0 Å². The second-order valence-electron chi connectivity index (χ2n) is 4.21. The summed E-state index contributed by atoms with van der Waals surface area (Å²) in [5, 5.41) is 2.43. The van der Waals surface area contributed by atoms with Crippen LogP contribution in [0.2, 0.25) is 0 Å². The van der Waals surface area contributed by atoms with Crippen LogP contribution in [0.4, 0.5) is 0 Å². The van der Waals surface area contributed by atoms with Gasteiger partial charge < -0.3 is 5.73 Å². The molecule has 2 rings (SSSR count). The van der Waals surface area contributed by atoms with Crippen molar-refractivity contribution in [1.29, 1.82) is 0 Å². The van der Waals surface area contributed by atoms with Crippen LogP contribution < -0.4 is 5.73 Å². The number of hydrogen-bond acceptors (Lipinski definition) is 2. The van der Waals surface area contributed by atoms with Crippen LogP contribution in [0.5, 0.6) is 0 Å². The highest BCUT2D eigenvalue weighted by atomic mass is 32.2. The van der Waals surface area contributed by atoms with E-state index in [1.54, 1.807) is 0 Å². The van der Waals surface area contributed by atoms with Crippen LogP contribution in [0.25, 0.3) is 10.8 Å². The fourth-order valence-electron chi connectivity index (χ4n) is 1.82. The molecule has 2 aromatic rings. The molecule has 0 bridgehead atoms. The Hall–Kier alpha value is -1.19. The van der Waals surface area contributed by atoms with Crippen molar-refractivity contribution in [3.8, 4) is 0 Å². The molecule has 0 aliphatic heterocycles. The van der Waals surface area contributed by atoms with E-state index in [0.717, 1.165) is 5.56 Å². The van der Waals surface area contributed by atoms with E-state index >= 15 is 0 Å². The normalized spacial score (nSPS) is 14.7. The molecule has 0 amide bonds. The van der Waals surface area contributed by atoms with Gasteiger partial charge in [0, 0.05) is 28.3 Å². The first kappa shape index (κ1) is 12.3. The van der Waals surface area contributed by atoms with Crippen LogP contribution in [-0.2, 0) is 16.6 Å². The molecule has 3 heteroatoms. The van der Waals surface area contributed by atoms with Crippen molar-refractivity contribution in [2.24, 2.45) is 5.73 Å². The predicted molar refractivity (Wildman–Crippen MR) is 74.3 cm³/mol. The van der Waals surface area contributed by atoms with Crippen molar-refractivity contribution in [1.82, 2.24) is 0 Å². The standard InChI is InChI=1S/C14H17NOS/c1-11(9-15)17(16)10-13-7-4-6-12-5-2-3-8-14(12)13/h2-8,11H,9-10,15H2,1H3. The Labute approximate surface area is 104 Å². The number of rotatable bonds is 4. The zero-order valence-corrected chi connectivity index (χ0v) is 10.7. The Balaban J connectivity index is 2.33. The minimum absolute atomic E-state index is 0.0500. The van der Waals surface area contributed by atoms with Gasteiger partial charge in [0.15, 0.2) is 0 Å². The molecule has 2 nitrogen and oxygen atoms in total. The Kier molecular flexibility index (Phi) is 3.92. The summed E-state index contributed by atoms with van der Waals surface area (Å²) < 4.78 is 12.0. The van der Waals surface area contributed by atoms with Crippen LogP contribution in [0.3, 0.4) is 0 Å². The van der Waals surface area contributed by atoms with E-state index in [4.69, 9.17) is 5.73 Å². The van der Waals surface area contributed by atoms with E-state index in [9.17, 15) is 4.21 Å². The van der Waals surface area contributed by atoms with Gasteiger partial charge in [-0.1, -0.05) is 42.5 Å². The minimum atomic E-state index is -0.897. The second-order valence-corrected chi connectivity index (χ2v) is 6.06. The molecular formula is C14H17NOS. The molecule has 0 saturated carbocycles. The monoisotopic (exact) mass is 247 g/mol. The third-order valence-corrected chi connectivity index (χ3v) is 4.64. The van der Waals surface area contributed by atoms with Gasteiger partial charge in [0.25, 0.3) is 0 Å². The highest BCUT2D eigenvalue weighted by molar-refractivity contribution is 7.84. The molecule has 17 heavy (non-hydrogen) atoms. The third kappa shape index (κ3) is 2.73. The van der Waals surface area contributed by atoms with Gasteiger partial charge in [-0.05, 0) is 23.3 Å². The van der Waals surface area contributed by atoms with Crippen molar-refractivity contribution in [2.75, 3.05) is 6.54 Å². The highest BCUT2D eigenvalue weighted by Gasteiger charge is 2.11. The van der Waals surface area contributed by atoms with Gasteiger partial charge in [-0.2, -0.15) is 0 Å². The van der Waals surface area contributed by atoms with Crippen LogP contribution in [0.1, 0.15) is 12.5 Å². The van der Waals surface area contributed by atoms with E-state index < -0.39 is 10.8 Å². The van der Waals surface area contributed by atoms with Crippen molar-refractivity contribution >= 4 is 21.6 Å². The van der Waals surface area contributed by atoms with Crippen molar-refractivity contribution in [3.63, 3.8) is 0 Å². The van der Waals surface area contributed by atoms with Gasteiger partial charge in [-0.3, -0.25) is 4.21 Å². The summed E-state index contributed by atoms with van der Waals surface area (Å²) in [6, 6.07) is 14.3. The smallest absolute Gasteiger partial charge is 0.0495 e. The number of nitrogens with two attached hydrogens (primary N) is 1. The molecule has 0 aliphatic rings. The molecule has 0 spiro atoms. The average molecular weight is 247 g/mol. The Morgan fingerprint density at radius 2 is 1.88 bits per heavy atom. The molecule has 0 aliphatic carbocycles. The SMILES string of the molecule is CC(CN)S(=O)Cc1cccc2ccccc12. The van der Waals surface area contributed by atoms with E-state index in [1.165, 1.54) is 10.8 Å². The first-order chi connectivity index (χ1) is 8.22. The first-order valence-corrected chi connectivity index (χ1v) is 7.14. The molecule has 2 N–H and O–H groups in total. The Morgan fingerprint density at radius 1 is 1.18 bits per heavy atom. The van der Waals surface area contributed by atoms with Gasteiger partial charge in [0.05, 0.1) is 0 Å². The quantitative estimate of drug-likeness (QED) is 0.901. The molecular weight excluding hydrogens is 230 g/mol. The second kappa shape index (κ2) is 5.43. The van der Waals surface area contributed by atoms with Gasteiger partial charge in [0.2, 0.25) is 0 Å². The maximum Gasteiger partial charge on any atom is 0.0495 e. The molecule has 2 atom stereocenters. The van der Waals surface area contributed by atoms with Gasteiger partial charge >= 0.3 is 0 Å². The highest BCUT2D eigenvalue weighted by Crippen LogP contribution is 2.20. The van der Waals surface area contributed by atoms with E-state index in [0.29, 0.717) is 12.3 Å². The molecule has 90 valence electrons. The average Bonchev–Trinajstić information content (AvgIpc) is 2.38. The molecule has 0 radical (unpaired) electrons. The zero-order valence-electron chi connectivity index (χ0n) is 9.93.